The van der Waals surface area contributed by atoms with Crippen molar-refractivity contribution in [2.75, 3.05) is 13.7 Å². The van der Waals surface area contributed by atoms with Crippen LogP contribution in [0.15, 0.2) is 54.6 Å². The Kier molecular flexibility index (Phi) is 3.20. The van der Waals surface area contributed by atoms with Gasteiger partial charge in [-0.15, -0.1) is 0 Å². The second-order valence-electron chi connectivity index (χ2n) is 4.87. The van der Waals surface area contributed by atoms with Crippen molar-refractivity contribution in [2.45, 2.75) is 6.04 Å². The third-order valence-electron chi connectivity index (χ3n) is 3.50. The highest BCUT2D eigenvalue weighted by molar-refractivity contribution is 5.98. The van der Waals surface area contributed by atoms with Crippen LogP contribution in [0, 0.1) is 0 Å². The van der Waals surface area contributed by atoms with Crippen LogP contribution >= 0.6 is 0 Å². The molecule has 96 valence electrons. The summed E-state index contributed by atoms with van der Waals surface area (Å²) in [4.78, 5) is 0. The predicted octanol–water partition coefficient (Wildman–Crippen LogP) is 3.64. The van der Waals surface area contributed by atoms with Crippen LogP contribution in [0.1, 0.15) is 11.6 Å². The first-order valence-electron chi connectivity index (χ1n) is 6.45. The van der Waals surface area contributed by atoms with Gasteiger partial charge >= 0.3 is 0 Å². The summed E-state index contributed by atoms with van der Waals surface area (Å²) in [7, 11) is 1.68. The van der Waals surface area contributed by atoms with Gasteiger partial charge in [-0.05, 0) is 45.3 Å². The molecule has 2 nitrogen and oxygen atoms in total. The lowest BCUT2D eigenvalue weighted by Crippen LogP contribution is -2.15. The number of fused-ring (bicyclic) bond motifs is 2. The fraction of sp³-hybridized carbons (Fsp3) is 0.176. The third-order valence-corrected chi connectivity index (χ3v) is 3.50. The molecule has 0 fully saturated rings. The van der Waals surface area contributed by atoms with Gasteiger partial charge in [0.2, 0.25) is 0 Å². The van der Waals surface area contributed by atoms with E-state index >= 15 is 0 Å². The second-order valence-corrected chi connectivity index (χ2v) is 4.87. The highest BCUT2D eigenvalue weighted by atomic mass is 16.5. The Labute approximate surface area is 112 Å². The van der Waals surface area contributed by atoms with Gasteiger partial charge < -0.3 is 10.5 Å². The monoisotopic (exact) mass is 251 g/mol. The van der Waals surface area contributed by atoms with E-state index in [1.165, 1.54) is 21.5 Å². The van der Waals surface area contributed by atoms with Crippen LogP contribution < -0.4 is 5.73 Å². The van der Waals surface area contributed by atoms with E-state index in [4.69, 9.17) is 10.5 Å². The van der Waals surface area contributed by atoms with Crippen LogP contribution in [0.4, 0.5) is 0 Å². The molecular weight excluding hydrogens is 234 g/mol. The number of methoxy groups -OCH3 is 1. The topological polar surface area (TPSA) is 35.2 Å². The van der Waals surface area contributed by atoms with Crippen molar-refractivity contribution in [2.24, 2.45) is 5.73 Å². The molecule has 2 N–H and O–H groups in total. The second kappa shape index (κ2) is 5.00. The first-order valence-corrected chi connectivity index (χ1v) is 6.45. The average molecular weight is 251 g/mol. The number of ether oxygens (including phenoxy) is 1. The zero-order valence-corrected chi connectivity index (χ0v) is 11.0. The van der Waals surface area contributed by atoms with Crippen LogP contribution in [0.5, 0.6) is 0 Å². The summed E-state index contributed by atoms with van der Waals surface area (Å²) >= 11 is 0. The highest BCUT2D eigenvalue weighted by Crippen LogP contribution is 2.25. The molecule has 0 aromatic heterocycles. The first kappa shape index (κ1) is 12.2. The molecule has 3 aromatic carbocycles. The molecule has 1 atom stereocenters. The number of hydrogen-bond donors (Lipinski definition) is 1. The highest BCUT2D eigenvalue weighted by Gasteiger charge is 2.06. The summed E-state index contributed by atoms with van der Waals surface area (Å²) in [6.45, 7) is 0.541. The lowest BCUT2D eigenvalue weighted by molar-refractivity contribution is 0.181. The van der Waals surface area contributed by atoms with Gasteiger partial charge in [-0.3, -0.25) is 0 Å². The Bertz CT molecular complexity index is 721. The fourth-order valence-corrected chi connectivity index (χ4v) is 2.46. The molecule has 0 heterocycles. The summed E-state index contributed by atoms with van der Waals surface area (Å²) in [5.41, 5.74) is 7.20. The summed E-state index contributed by atoms with van der Waals surface area (Å²) in [5, 5.41) is 4.99. The van der Waals surface area contributed by atoms with Crippen LogP contribution in [-0.2, 0) is 4.74 Å². The van der Waals surface area contributed by atoms with E-state index in [1.807, 2.05) is 0 Å². The van der Waals surface area contributed by atoms with Crippen molar-refractivity contribution >= 4 is 21.5 Å². The number of benzene rings is 3. The Hall–Kier alpha value is -1.90. The summed E-state index contributed by atoms with van der Waals surface area (Å²) in [6, 6.07) is 19.1. The van der Waals surface area contributed by atoms with E-state index in [0.29, 0.717) is 6.61 Å². The SMILES string of the molecule is COCC(N)c1ccc2cc3ccccc3cc2c1. The molecule has 3 rings (SSSR count). The minimum absolute atomic E-state index is 0.0686. The quantitative estimate of drug-likeness (QED) is 0.721. The summed E-state index contributed by atoms with van der Waals surface area (Å²) in [6.07, 6.45) is 0. The molecule has 0 aliphatic carbocycles. The van der Waals surface area contributed by atoms with E-state index in [-0.39, 0.29) is 6.04 Å². The molecular formula is C17H17NO. The smallest absolute Gasteiger partial charge is 0.0655 e. The average Bonchev–Trinajstić information content (AvgIpc) is 2.44. The van der Waals surface area contributed by atoms with E-state index in [0.717, 1.165) is 5.56 Å². The normalized spacial score (nSPS) is 12.9. The van der Waals surface area contributed by atoms with Crippen molar-refractivity contribution in [3.05, 3.63) is 60.2 Å². The number of rotatable bonds is 3. The van der Waals surface area contributed by atoms with Gasteiger partial charge in [0.1, 0.15) is 0 Å². The van der Waals surface area contributed by atoms with Gasteiger partial charge in [0.15, 0.2) is 0 Å². The van der Waals surface area contributed by atoms with Crippen LogP contribution in [0.3, 0.4) is 0 Å². The van der Waals surface area contributed by atoms with Crippen molar-refractivity contribution in [3.8, 4) is 0 Å². The third kappa shape index (κ3) is 2.33. The zero-order valence-electron chi connectivity index (χ0n) is 11.0. The summed E-state index contributed by atoms with van der Waals surface area (Å²) < 4.78 is 5.12. The largest absolute Gasteiger partial charge is 0.383 e. The fourth-order valence-electron chi connectivity index (χ4n) is 2.46. The molecule has 1 unspecified atom stereocenters. The molecule has 3 aromatic rings. The van der Waals surface area contributed by atoms with Gasteiger partial charge in [-0.25, -0.2) is 0 Å². The molecule has 19 heavy (non-hydrogen) atoms. The van der Waals surface area contributed by atoms with Crippen LogP contribution in [-0.4, -0.2) is 13.7 Å². The van der Waals surface area contributed by atoms with Gasteiger partial charge in [0.05, 0.1) is 12.6 Å². The summed E-state index contributed by atoms with van der Waals surface area (Å²) in [5.74, 6) is 0. The minimum atomic E-state index is -0.0686. The maximum atomic E-state index is 6.08. The van der Waals surface area contributed by atoms with Gasteiger partial charge in [-0.1, -0.05) is 36.4 Å². The molecule has 0 bridgehead atoms. The van der Waals surface area contributed by atoms with Gasteiger partial charge in [-0.2, -0.15) is 0 Å². The Morgan fingerprint density at radius 2 is 1.53 bits per heavy atom. The van der Waals surface area contributed by atoms with E-state index in [1.54, 1.807) is 7.11 Å². The molecule has 0 saturated heterocycles. The molecule has 0 amide bonds. The van der Waals surface area contributed by atoms with Crippen LogP contribution in [0.25, 0.3) is 21.5 Å². The number of hydrogen-bond acceptors (Lipinski definition) is 2. The van der Waals surface area contributed by atoms with E-state index in [2.05, 4.69) is 54.6 Å². The zero-order chi connectivity index (χ0) is 13.2. The minimum Gasteiger partial charge on any atom is -0.383 e. The molecule has 2 heteroatoms. The number of nitrogens with two attached hydrogens (primary N) is 1. The van der Waals surface area contributed by atoms with Crippen molar-refractivity contribution in [1.82, 2.24) is 0 Å². The van der Waals surface area contributed by atoms with Crippen molar-refractivity contribution < 1.29 is 4.74 Å². The maximum absolute atomic E-state index is 6.08. The molecule has 0 aliphatic rings. The maximum Gasteiger partial charge on any atom is 0.0655 e. The molecule has 0 spiro atoms. The Morgan fingerprint density at radius 1 is 0.895 bits per heavy atom. The lowest BCUT2D eigenvalue weighted by atomic mass is 9.99. The molecule has 0 saturated carbocycles. The Balaban J connectivity index is 2.14. The van der Waals surface area contributed by atoms with E-state index < -0.39 is 0 Å². The lowest BCUT2D eigenvalue weighted by Gasteiger charge is -2.12. The predicted molar refractivity (Wildman–Crippen MR) is 80.3 cm³/mol. The molecule has 0 aliphatic heterocycles. The van der Waals surface area contributed by atoms with Gasteiger partial charge in [0, 0.05) is 7.11 Å². The Morgan fingerprint density at radius 3 is 2.21 bits per heavy atom. The first-order chi connectivity index (χ1) is 9.28. The standard InChI is InChI=1S/C17H17NO/c1-19-11-17(18)15-7-6-14-8-12-4-2-3-5-13(12)9-16(14)10-15/h2-10,17H,11,18H2,1H3. The van der Waals surface area contributed by atoms with Crippen molar-refractivity contribution in [3.63, 3.8) is 0 Å². The van der Waals surface area contributed by atoms with Crippen molar-refractivity contribution in [1.29, 1.82) is 0 Å². The molecule has 0 radical (unpaired) electrons. The van der Waals surface area contributed by atoms with E-state index in [9.17, 15) is 0 Å². The van der Waals surface area contributed by atoms with Gasteiger partial charge in [0.25, 0.3) is 0 Å². The van der Waals surface area contributed by atoms with Crippen LogP contribution in [0.2, 0.25) is 0 Å².